The van der Waals surface area contributed by atoms with Crippen LogP contribution >= 0.6 is 0 Å². The molecule has 0 aromatic heterocycles. The number of ether oxygens (including phenoxy) is 2. The Bertz CT molecular complexity index is 1100. The Kier molecular flexibility index (Phi) is 6.03. The van der Waals surface area contributed by atoms with Gasteiger partial charge in [-0.2, -0.15) is 0 Å². The van der Waals surface area contributed by atoms with E-state index in [1.807, 2.05) is 61.5 Å². The molecule has 3 N–H and O–H groups in total. The Balaban J connectivity index is 1.31. The van der Waals surface area contributed by atoms with Crippen molar-refractivity contribution in [3.05, 3.63) is 83.4 Å². The highest BCUT2D eigenvalue weighted by atomic mass is 16.7. The summed E-state index contributed by atoms with van der Waals surface area (Å²) in [5, 5.41) is 8.90. The Morgan fingerprint density at radius 3 is 2.58 bits per heavy atom. The van der Waals surface area contributed by atoms with E-state index in [9.17, 15) is 9.59 Å². The average molecular weight is 417 g/mol. The smallest absolute Gasteiger partial charge is 0.255 e. The highest BCUT2D eigenvalue weighted by molar-refractivity contribution is 6.04. The first-order valence-electron chi connectivity index (χ1n) is 9.94. The fraction of sp³-hybridized carbons (Fsp3) is 0.167. The standard InChI is InChI=1S/C24H23N3O4/c1-16-7-9-19(27-24(29)18-5-3-2-4-6-18)12-20(16)25-14-23(28)26-13-17-8-10-21-22(11-17)31-15-30-21/h2-12,25H,13-15H2,1H3,(H,26,28)(H,27,29). The maximum atomic E-state index is 12.4. The quantitative estimate of drug-likeness (QED) is 0.546. The van der Waals surface area contributed by atoms with Crippen molar-refractivity contribution in [1.29, 1.82) is 0 Å². The number of fused-ring (bicyclic) bond motifs is 1. The molecule has 0 saturated heterocycles. The van der Waals surface area contributed by atoms with Crippen molar-refractivity contribution in [2.24, 2.45) is 0 Å². The fourth-order valence-electron chi connectivity index (χ4n) is 3.17. The molecule has 3 aromatic carbocycles. The minimum atomic E-state index is -0.183. The van der Waals surface area contributed by atoms with Crippen LogP contribution in [-0.2, 0) is 11.3 Å². The van der Waals surface area contributed by atoms with E-state index in [0.29, 0.717) is 29.3 Å². The predicted molar refractivity (Wildman–Crippen MR) is 118 cm³/mol. The van der Waals surface area contributed by atoms with Crippen LogP contribution in [0.4, 0.5) is 11.4 Å². The molecule has 0 unspecified atom stereocenters. The van der Waals surface area contributed by atoms with Gasteiger partial charge in [-0.15, -0.1) is 0 Å². The average Bonchev–Trinajstić information content (AvgIpc) is 3.26. The van der Waals surface area contributed by atoms with Crippen LogP contribution in [-0.4, -0.2) is 25.2 Å². The zero-order chi connectivity index (χ0) is 21.6. The summed E-state index contributed by atoms with van der Waals surface area (Å²) in [5.41, 5.74) is 3.92. The van der Waals surface area contributed by atoms with E-state index >= 15 is 0 Å². The number of anilines is 2. The second-order valence-electron chi connectivity index (χ2n) is 7.17. The highest BCUT2D eigenvalue weighted by Crippen LogP contribution is 2.32. The topological polar surface area (TPSA) is 88.7 Å². The zero-order valence-corrected chi connectivity index (χ0v) is 17.1. The normalized spacial score (nSPS) is 11.6. The van der Waals surface area contributed by atoms with E-state index < -0.39 is 0 Å². The van der Waals surface area contributed by atoms with Gasteiger partial charge in [0, 0.05) is 23.5 Å². The Morgan fingerprint density at radius 2 is 1.74 bits per heavy atom. The molecule has 0 saturated carbocycles. The monoisotopic (exact) mass is 417 g/mol. The molecule has 7 heteroatoms. The molecule has 7 nitrogen and oxygen atoms in total. The van der Waals surface area contributed by atoms with E-state index in [2.05, 4.69) is 16.0 Å². The van der Waals surface area contributed by atoms with Crippen molar-refractivity contribution < 1.29 is 19.1 Å². The molecule has 158 valence electrons. The van der Waals surface area contributed by atoms with Crippen molar-refractivity contribution in [1.82, 2.24) is 5.32 Å². The molecule has 0 radical (unpaired) electrons. The first-order valence-corrected chi connectivity index (χ1v) is 9.94. The van der Waals surface area contributed by atoms with Crippen LogP contribution in [0.2, 0.25) is 0 Å². The summed E-state index contributed by atoms with van der Waals surface area (Å²) in [6.07, 6.45) is 0. The van der Waals surface area contributed by atoms with Gasteiger partial charge in [-0.25, -0.2) is 0 Å². The van der Waals surface area contributed by atoms with Gasteiger partial charge < -0.3 is 25.4 Å². The van der Waals surface area contributed by atoms with Gasteiger partial charge in [0.2, 0.25) is 12.7 Å². The van der Waals surface area contributed by atoms with E-state index in [1.54, 1.807) is 12.1 Å². The van der Waals surface area contributed by atoms with Gasteiger partial charge in [-0.05, 0) is 54.4 Å². The minimum absolute atomic E-state index is 0.113. The maximum absolute atomic E-state index is 12.4. The van der Waals surface area contributed by atoms with Crippen LogP contribution < -0.4 is 25.4 Å². The van der Waals surface area contributed by atoms with Crippen LogP contribution in [0.15, 0.2) is 66.7 Å². The first-order chi connectivity index (χ1) is 15.1. The van der Waals surface area contributed by atoms with Crippen molar-refractivity contribution >= 4 is 23.2 Å². The van der Waals surface area contributed by atoms with Crippen LogP contribution in [0.1, 0.15) is 21.5 Å². The van der Waals surface area contributed by atoms with Crippen LogP contribution in [0.3, 0.4) is 0 Å². The Labute approximate surface area is 180 Å². The van der Waals surface area contributed by atoms with Gasteiger partial charge >= 0.3 is 0 Å². The molecule has 4 rings (SSSR count). The first kappa shape index (κ1) is 20.3. The van der Waals surface area contributed by atoms with Crippen LogP contribution in [0, 0.1) is 6.92 Å². The Morgan fingerprint density at radius 1 is 0.935 bits per heavy atom. The highest BCUT2D eigenvalue weighted by Gasteiger charge is 2.13. The predicted octanol–water partition coefficient (Wildman–Crippen LogP) is 3.70. The molecule has 3 aromatic rings. The molecule has 1 aliphatic rings. The van der Waals surface area contributed by atoms with Gasteiger partial charge in [-0.3, -0.25) is 9.59 Å². The van der Waals surface area contributed by atoms with Crippen molar-refractivity contribution in [2.75, 3.05) is 24.0 Å². The largest absolute Gasteiger partial charge is 0.454 e. The number of carbonyl (C=O) groups excluding carboxylic acids is 2. The SMILES string of the molecule is Cc1ccc(NC(=O)c2ccccc2)cc1NCC(=O)NCc1ccc2c(c1)OCO2. The third-order valence-electron chi connectivity index (χ3n) is 4.90. The molecule has 0 atom stereocenters. The van der Waals surface area contributed by atoms with Crippen molar-refractivity contribution in [3.63, 3.8) is 0 Å². The van der Waals surface area contributed by atoms with Crippen molar-refractivity contribution in [2.45, 2.75) is 13.5 Å². The van der Waals surface area contributed by atoms with Gasteiger partial charge in [0.05, 0.1) is 6.54 Å². The third-order valence-corrected chi connectivity index (χ3v) is 4.90. The minimum Gasteiger partial charge on any atom is -0.454 e. The van der Waals surface area contributed by atoms with Crippen molar-refractivity contribution in [3.8, 4) is 11.5 Å². The molecule has 1 heterocycles. The summed E-state index contributed by atoms with van der Waals surface area (Å²) in [6, 6.07) is 20.2. The molecule has 1 aliphatic heterocycles. The fourth-order valence-corrected chi connectivity index (χ4v) is 3.17. The second-order valence-corrected chi connectivity index (χ2v) is 7.17. The van der Waals surface area contributed by atoms with Crippen LogP contribution in [0.5, 0.6) is 11.5 Å². The molecule has 0 aliphatic carbocycles. The summed E-state index contributed by atoms with van der Waals surface area (Å²) in [6.45, 7) is 2.67. The molecule has 0 spiro atoms. The number of carbonyl (C=O) groups is 2. The molecular weight excluding hydrogens is 394 g/mol. The van der Waals surface area contributed by atoms with Gasteiger partial charge in [0.15, 0.2) is 11.5 Å². The number of nitrogens with one attached hydrogen (secondary N) is 3. The number of rotatable bonds is 7. The summed E-state index contributed by atoms with van der Waals surface area (Å²) in [5.74, 6) is 1.08. The lowest BCUT2D eigenvalue weighted by atomic mass is 10.1. The van der Waals surface area contributed by atoms with Gasteiger partial charge in [0.25, 0.3) is 5.91 Å². The Hall–Kier alpha value is -4.00. The molecular formula is C24H23N3O4. The molecule has 31 heavy (non-hydrogen) atoms. The summed E-state index contributed by atoms with van der Waals surface area (Å²) in [4.78, 5) is 24.6. The number of hydrogen-bond donors (Lipinski definition) is 3. The summed E-state index contributed by atoms with van der Waals surface area (Å²) >= 11 is 0. The lowest BCUT2D eigenvalue weighted by molar-refractivity contribution is -0.119. The number of hydrogen-bond acceptors (Lipinski definition) is 5. The maximum Gasteiger partial charge on any atom is 0.255 e. The lowest BCUT2D eigenvalue weighted by Crippen LogP contribution is -2.29. The van der Waals surface area contributed by atoms with E-state index in [1.165, 1.54) is 0 Å². The third kappa shape index (κ3) is 5.14. The molecule has 0 bridgehead atoms. The van der Waals surface area contributed by atoms with Gasteiger partial charge in [-0.1, -0.05) is 30.3 Å². The second kappa shape index (κ2) is 9.21. The van der Waals surface area contributed by atoms with E-state index in [0.717, 1.165) is 16.8 Å². The molecule has 0 fully saturated rings. The zero-order valence-electron chi connectivity index (χ0n) is 17.1. The van der Waals surface area contributed by atoms with Gasteiger partial charge in [0.1, 0.15) is 0 Å². The van der Waals surface area contributed by atoms with E-state index in [4.69, 9.17) is 9.47 Å². The summed E-state index contributed by atoms with van der Waals surface area (Å²) < 4.78 is 10.6. The number of amides is 2. The number of benzene rings is 3. The van der Waals surface area contributed by atoms with Crippen LogP contribution in [0.25, 0.3) is 0 Å². The summed E-state index contributed by atoms with van der Waals surface area (Å²) in [7, 11) is 0. The lowest BCUT2D eigenvalue weighted by Gasteiger charge is -2.13. The van der Waals surface area contributed by atoms with E-state index in [-0.39, 0.29) is 25.2 Å². The number of aryl methyl sites for hydroxylation is 1. The molecule has 2 amide bonds.